The van der Waals surface area contributed by atoms with Gasteiger partial charge >= 0.3 is 0 Å². The lowest BCUT2D eigenvalue weighted by atomic mass is 9.88. The van der Waals surface area contributed by atoms with Crippen molar-refractivity contribution in [1.82, 2.24) is 10.0 Å². The van der Waals surface area contributed by atoms with Crippen LogP contribution in [-0.2, 0) is 14.8 Å². The quantitative estimate of drug-likeness (QED) is 0.658. The molecule has 1 unspecified atom stereocenters. The van der Waals surface area contributed by atoms with E-state index in [4.69, 9.17) is 5.73 Å². The molecule has 4 N–H and O–H groups in total. The van der Waals surface area contributed by atoms with Crippen LogP contribution in [-0.4, -0.2) is 33.0 Å². The fraction of sp³-hybridized carbons (Fsp3) is 0.533. The Hall–Kier alpha value is -1.44. The summed E-state index contributed by atoms with van der Waals surface area (Å²) in [6.07, 6.45) is 0.0639. The molecule has 0 fully saturated rings. The lowest BCUT2D eigenvalue weighted by Crippen LogP contribution is -2.55. The van der Waals surface area contributed by atoms with Crippen LogP contribution in [0, 0.1) is 5.92 Å². The summed E-state index contributed by atoms with van der Waals surface area (Å²) in [5.41, 5.74) is 5.21. The predicted molar refractivity (Wildman–Crippen MR) is 86.7 cm³/mol. The first-order valence-corrected chi connectivity index (χ1v) is 8.75. The Kier molecular flexibility index (Phi) is 6.52. The first-order chi connectivity index (χ1) is 10.2. The third kappa shape index (κ3) is 5.08. The summed E-state index contributed by atoms with van der Waals surface area (Å²) >= 11 is 0. The lowest BCUT2D eigenvalue weighted by Gasteiger charge is -2.33. The smallest absolute Gasteiger partial charge is 0.240 e. The van der Waals surface area contributed by atoms with E-state index in [1.165, 1.54) is 12.1 Å². The number of nitrogens with one attached hydrogen (secondary N) is 2. The number of amides is 1. The van der Waals surface area contributed by atoms with Gasteiger partial charge in [0.15, 0.2) is 0 Å². The second-order valence-corrected chi connectivity index (χ2v) is 7.55. The summed E-state index contributed by atoms with van der Waals surface area (Å²) in [5.74, 6) is -0.0418. The van der Waals surface area contributed by atoms with Crippen LogP contribution < -0.4 is 15.8 Å². The molecule has 1 atom stereocenters. The van der Waals surface area contributed by atoms with Crippen molar-refractivity contribution in [3.8, 4) is 0 Å². The van der Waals surface area contributed by atoms with Crippen LogP contribution in [0.3, 0.4) is 0 Å². The van der Waals surface area contributed by atoms with Crippen molar-refractivity contribution in [2.75, 3.05) is 13.1 Å². The normalized spacial score (nSPS) is 14.6. The zero-order valence-electron chi connectivity index (χ0n) is 13.3. The van der Waals surface area contributed by atoms with E-state index in [2.05, 4.69) is 10.0 Å². The minimum Gasteiger partial charge on any atom is -0.349 e. The molecule has 0 radical (unpaired) electrons. The maximum absolute atomic E-state index is 12.0. The Morgan fingerprint density at radius 2 is 1.86 bits per heavy atom. The average Bonchev–Trinajstić information content (AvgIpc) is 2.47. The zero-order chi connectivity index (χ0) is 16.8. The monoisotopic (exact) mass is 327 g/mol. The Bertz CT molecular complexity index is 587. The molecular weight excluding hydrogens is 302 g/mol. The van der Waals surface area contributed by atoms with E-state index in [-0.39, 0.29) is 29.7 Å². The van der Waals surface area contributed by atoms with Gasteiger partial charge in [0, 0.05) is 19.5 Å². The van der Waals surface area contributed by atoms with Gasteiger partial charge in [0.05, 0.1) is 10.4 Å². The summed E-state index contributed by atoms with van der Waals surface area (Å²) in [6, 6.07) is 8.05. The number of hydrogen-bond donors (Lipinski definition) is 3. The average molecular weight is 327 g/mol. The first-order valence-electron chi connectivity index (χ1n) is 7.27. The van der Waals surface area contributed by atoms with Crippen molar-refractivity contribution < 1.29 is 13.2 Å². The SMILES string of the molecule is CC(C)C(C)(CN)NC(=O)CCNS(=O)(=O)c1ccccc1. The molecule has 0 aliphatic heterocycles. The standard InChI is InChI=1S/C15H25N3O3S/c1-12(2)15(3,11-16)18-14(19)9-10-17-22(20,21)13-7-5-4-6-8-13/h4-8,12,17H,9-11,16H2,1-3H3,(H,18,19). The van der Waals surface area contributed by atoms with Gasteiger partial charge in [0.25, 0.3) is 0 Å². The van der Waals surface area contributed by atoms with Crippen molar-refractivity contribution in [3.63, 3.8) is 0 Å². The van der Waals surface area contributed by atoms with E-state index in [1.807, 2.05) is 20.8 Å². The minimum atomic E-state index is -3.58. The van der Waals surface area contributed by atoms with E-state index >= 15 is 0 Å². The van der Waals surface area contributed by atoms with Gasteiger partial charge in [-0.25, -0.2) is 13.1 Å². The van der Waals surface area contributed by atoms with Crippen LogP contribution in [0.15, 0.2) is 35.2 Å². The molecule has 0 spiro atoms. The highest BCUT2D eigenvalue weighted by Crippen LogP contribution is 2.14. The van der Waals surface area contributed by atoms with Gasteiger partial charge in [-0.3, -0.25) is 4.79 Å². The number of rotatable bonds is 8. The van der Waals surface area contributed by atoms with E-state index in [0.29, 0.717) is 6.54 Å². The van der Waals surface area contributed by atoms with Gasteiger partial charge in [-0.1, -0.05) is 32.0 Å². The second kappa shape index (κ2) is 7.71. The van der Waals surface area contributed by atoms with Crippen molar-refractivity contribution in [3.05, 3.63) is 30.3 Å². The first kappa shape index (κ1) is 18.6. The highest BCUT2D eigenvalue weighted by Gasteiger charge is 2.28. The summed E-state index contributed by atoms with van der Waals surface area (Å²) in [6.45, 7) is 6.20. The summed E-state index contributed by atoms with van der Waals surface area (Å²) in [7, 11) is -3.58. The maximum Gasteiger partial charge on any atom is 0.240 e. The predicted octanol–water partition coefficient (Wildman–Crippen LogP) is 0.845. The Balaban J connectivity index is 2.52. The minimum absolute atomic E-state index is 0.0435. The van der Waals surface area contributed by atoms with Crippen LogP contribution in [0.5, 0.6) is 0 Å². The van der Waals surface area contributed by atoms with Crippen molar-refractivity contribution in [1.29, 1.82) is 0 Å². The van der Waals surface area contributed by atoms with Gasteiger partial charge in [-0.2, -0.15) is 0 Å². The molecule has 1 aromatic carbocycles. The van der Waals surface area contributed by atoms with Crippen molar-refractivity contribution >= 4 is 15.9 Å². The molecule has 22 heavy (non-hydrogen) atoms. The van der Waals surface area contributed by atoms with E-state index in [9.17, 15) is 13.2 Å². The molecule has 0 aliphatic carbocycles. The van der Waals surface area contributed by atoms with Crippen LogP contribution in [0.25, 0.3) is 0 Å². The molecule has 0 heterocycles. The highest BCUT2D eigenvalue weighted by atomic mass is 32.2. The third-order valence-electron chi connectivity index (χ3n) is 3.82. The number of carbonyl (C=O) groups is 1. The molecule has 0 bridgehead atoms. The largest absolute Gasteiger partial charge is 0.349 e. The van der Waals surface area contributed by atoms with Gasteiger partial charge in [0.2, 0.25) is 15.9 Å². The Morgan fingerprint density at radius 1 is 1.27 bits per heavy atom. The molecule has 1 aromatic rings. The van der Waals surface area contributed by atoms with Gasteiger partial charge in [-0.05, 0) is 25.0 Å². The third-order valence-corrected chi connectivity index (χ3v) is 5.30. The van der Waals surface area contributed by atoms with Crippen LogP contribution in [0.4, 0.5) is 0 Å². The second-order valence-electron chi connectivity index (χ2n) is 5.79. The fourth-order valence-electron chi connectivity index (χ4n) is 1.79. The van der Waals surface area contributed by atoms with Gasteiger partial charge in [-0.15, -0.1) is 0 Å². The van der Waals surface area contributed by atoms with E-state index in [0.717, 1.165) is 0 Å². The number of sulfonamides is 1. The fourth-order valence-corrected chi connectivity index (χ4v) is 2.85. The summed E-state index contributed by atoms with van der Waals surface area (Å²) in [5, 5.41) is 2.87. The van der Waals surface area contributed by atoms with E-state index in [1.54, 1.807) is 18.2 Å². The topological polar surface area (TPSA) is 101 Å². The molecule has 0 saturated carbocycles. The molecule has 1 rings (SSSR count). The maximum atomic E-state index is 12.0. The van der Waals surface area contributed by atoms with E-state index < -0.39 is 15.6 Å². The Labute approximate surface area is 132 Å². The number of carbonyl (C=O) groups excluding carboxylic acids is 1. The van der Waals surface area contributed by atoms with Gasteiger partial charge < -0.3 is 11.1 Å². The summed E-state index contributed by atoms with van der Waals surface area (Å²) in [4.78, 5) is 12.1. The molecule has 0 saturated heterocycles. The van der Waals surface area contributed by atoms with Crippen molar-refractivity contribution in [2.24, 2.45) is 11.7 Å². The van der Waals surface area contributed by atoms with Crippen LogP contribution in [0.2, 0.25) is 0 Å². The molecular formula is C15H25N3O3S. The molecule has 1 amide bonds. The Morgan fingerprint density at radius 3 is 2.36 bits per heavy atom. The number of benzene rings is 1. The lowest BCUT2D eigenvalue weighted by molar-refractivity contribution is -0.123. The van der Waals surface area contributed by atoms with Crippen LogP contribution in [0.1, 0.15) is 27.2 Å². The number of hydrogen-bond acceptors (Lipinski definition) is 4. The van der Waals surface area contributed by atoms with Gasteiger partial charge in [0.1, 0.15) is 0 Å². The molecule has 124 valence electrons. The number of nitrogens with two attached hydrogens (primary N) is 1. The molecule has 6 nitrogen and oxygen atoms in total. The molecule has 0 aliphatic rings. The van der Waals surface area contributed by atoms with Crippen LogP contribution >= 0.6 is 0 Å². The van der Waals surface area contributed by atoms with Crippen molar-refractivity contribution in [2.45, 2.75) is 37.6 Å². The zero-order valence-corrected chi connectivity index (χ0v) is 14.1. The highest BCUT2D eigenvalue weighted by molar-refractivity contribution is 7.89. The molecule has 0 aromatic heterocycles. The summed E-state index contributed by atoms with van der Waals surface area (Å²) < 4.78 is 26.4. The molecule has 7 heteroatoms.